The molecule has 3 heterocycles. The lowest BCUT2D eigenvalue weighted by atomic mass is 10.0. The predicted molar refractivity (Wildman–Crippen MR) is 102 cm³/mol. The van der Waals surface area contributed by atoms with Gasteiger partial charge >= 0.3 is 0 Å². The van der Waals surface area contributed by atoms with Crippen molar-refractivity contribution >= 4 is 16.9 Å². The molecule has 0 atom stereocenters. The van der Waals surface area contributed by atoms with Crippen molar-refractivity contribution in [2.45, 2.75) is 32.1 Å². The number of rotatable bonds is 6. The number of fused-ring (bicyclic) bond motifs is 1. The van der Waals surface area contributed by atoms with Gasteiger partial charge in [0.25, 0.3) is 5.92 Å². The third-order valence-corrected chi connectivity index (χ3v) is 4.58. The highest BCUT2D eigenvalue weighted by molar-refractivity contribution is 5.99. The molecule has 0 fully saturated rings. The van der Waals surface area contributed by atoms with Crippen LogP contribution >= 0.6 is 0 Å². The Kier molecular flexibility index (Phi) is 4.61. The van der Waals surface area contributed by atoms with Crippen molar-refractivity contribution in [2.75, 3.05) is 6.67 Å². The summed E-state index contributed by atoms with van der Waals surface area (Å²) in [6.07, 6.45) is 3.55. The van der Waals surface area contributed by atoms with Gasteiger partial charge in [0.05, 0.1) is 0 Å². The summed E-state index contributed by atoms with van der Waals surface area (Å²) in [5.74, 6) is -1.90. The Morgan fingerprint density at radius 3 is 2.89 bits per heavy atom. The molecule has 140 valence electrons. The average Bonchev–Trinajstić information content (AvgIpc) is 3.31. The van der Waals surface area contributed by atoms with Gasteiger partial charge in [0, 0.05) is 41.9 Å². The SMILES string of the molecule is CCCC(F)(F)Cc1cnc2c(ccn2-c2cccc(C3=NCNN3)c2)c1. The average molecular weight is 369 g/mol. The van der Waals surface area contributed by atoms with Gasteiger partial charge in [-0.2, -0.15) is 0 Å². The number of aliphatic imine (C=N–C) groups is 1. The lowest BCUT2D eigenvalue weighted by Crippen LogP contribution is -2.30. The number of benzene rings is 1. The Morgan fingerprint density at radius 1 is 1.22 bits per heavy atom. The zero-order valence-corrected chi connectivity index (χ0v) is 15.0. The molecular formula is C20H21F2N5. The number of nitrogens with zero attached hydrogens (tertiary/aromatic N) is 3. The quantitative estimate of drug-likeness (QED) is 0.695. The zero-order valence-electron chi connectivity index (χ0n) is 15.0. The standard InChI is InChI=1S/C20H21F2N5/c1-2-7-20(21,22)11-14-9-16-6-8-27(19(16)23-12-14)17-5-3-4-15(10-17)18-24-13-25-26-18/h3-6,8-10,12,25H,2,7,11,13H2,1H3,(H,24,26). The van der Waals surface area contributed by atoms with Crippen LogP contribution in [0.2, 0.25) is 0 Å². The van der Waals surface area contributed by atoms with Crippen LogP contribution in [0.3, 0.4) is 0 Å². The molecule has 0 amide bonds. The molecule has 1 aliphatic heterocycles. The van der Waals surface area contributed by atoms with E-state index in [4.69, 9.17) is 0 Å². The largest absolute Gasteiger partial charge is 0.304 e. The monoisotopic (exact) mass is 369 g/mol. The van der Waals surface area contributed by atoms with E-state index in [0.717, 1.165) is 28.1 Å². The fourth-order valence-electron chi connectivity index (χ4n) is 3.38. The van der Waals surface area contributed by atoms with Gasteiger partial charge in [-0.15, -0.1) is 0 Å². The second kappa shape index (κ2) is 7.08. The van der Waals surface area contributed by atoms with Crippen LogP contribution in [-0.2, 0) is 6.42 Å². The Morgan fingerprint density at radius 2 is 2.11 bits per heavy atom. The van der Waals surface area contributed by atoms with Crippen molar-refractivity contribution in [3.63, 3.8) is 0 Å². The normalized spacial score (nSPS) is 14.4. The number of aromatic nitrogens is 2. The topological polar surface area (TPSA) is 54.2 Å². The number of halogens is 2. The number of hydrogen-bond donors (Lipinski definition) is 2. The molecule has 2 aromatic heterocycles. The summed E-state index contributed by atoms with van der Waals surface area (Å²) in [6, 6.07) is 11.6. The first kappa shape index (κ1) is 17.6. The third-order valence-electron chi connectivity index (χ3n) is 4.58. The summed E-state index contributed by atoms with van der Waals surface area (Å²) < 4.78 is 29.8. The van der Waals surface area contributed by atoms with E-state index in [1.165, 1.54) is 0 Å². The highest BCUT2D eigenvalue weighted by Gasteiger charge is 2.28. The summed E-state index contributed by atoms with van der Waals surface area (Å²) in [7, 11) is 0. The van der Waals surface area contributed by atoms with Gasteiger partial charge in [-0.25, -0.2) is 24.2 Å². The molecule has 0 aliphatic carbocycles. The number of alkyl halides is 2. The number of hydrogen-bond acceptors (Lipinski definition) is 4. The van der Waals surface area contributed by atoms with E-state index in [1.54, 1.807) is 19.2 Å². The van der Waals surface area contributed by atoms with E-state index in [2.05, 4.69) is 20.8 Å². The first-order valence-electron chi connectivity index (χ1n) is 9.04. The van der Waals surface area contributed by atoms with Crippen molar-refractivity contribution in [2.24, 2.45) is 4.99 Å². The van der Waals surface area contributed by atoms with Gasteiger partial charge in [0.2, 0.25) is 0 Å². The number of pyridine rings is 1. The number of amidine groups is 1. The first-order valence-corrected chi connectivity index (χ1v) is 9.04. The molecule has 3 aromatic rings. The van der Waals surface area contributed by atoms with Gasteiger partial charge in [0.15, 0.2) is 0 Å². The maximum Gasteiger partial charge on any atom is 0.252 e. The predicted octanol–water partition coefficient (Wildman–Crippen LogP) is 3.82. The molecule has 1 aromatic carbocycles. The summed E-state index contributed by atoms with van der Waals surface area (Å²) >= 11 is 0. The molecule has 2 N–H and O–H groups in total. The van der Waals surface area contributed by atoms with Crippen LogP contribution in [-0.4, -0.2) is 28.0 Å². The molecule has 0 saturated carbocycles. The Balaban J connectivity index is 1.65. The van der Waals surface area contributed by atoms with Crippen LogP contribution in [0.25, 0.3) is 16.7 Å². The molecular weight excluding hydrogens is 348 g/mol. The van der Waals surface area contributed by atoms with Gasteiger partial charge in [-0.3, -0.25) is 0 Å². The van der Waals surface area contributed by atoms with Crippen LogP contribution in [0.1, 0.15) is 30.9 Å². The van der Waals surface area contributed by atoms with E-state index in [9.17, 15) is 8.78 Å². The minimum absolute atomic E-state index is 0.106. The molecule has 0 unspecified atom stereocenters. The Hall–Kier alpha value is -2.80. The van der Waals surface area contributed by atoms with Gasteiger partial charge in [-0.05, 0) is 29.8 Å². The Bertz CT molecular complexity index is 993. The lowest BCUT2D eigenvalue weighted by Gasteiger charge is -2.15. The molecule has 27 heavy (non-hydrogen) atoms. The molecule has 0 bridgehead atoms. The highest BCUT2D eigenvalue weighted by atomic mass is 19.3. The minimum Gasteiger partial charge on any atom is -0.304 e. The fraction of sp³-hybridized carbons (Fsp3) is 0.300. The molecule has 0 spiro atoms. The third kappa shape index (κ3) is 3.68. The van der Waals surface area contributed by atoms with Crippen molar-refractivity contribution in [1.82, 2.24) is 20.4 Å². The highest BCUT2D eigenvalue weighted by Crippen LogP contribution is 2.27. The van der Waals surface area contributed by atoms with Gasteiger partial charge in [0.1, 0.15) is 18.2 Å². The lowest BCUT2D eigenvalue weighted by molar-refractivity contribution is -0.00776. The maximum absolute atomic E-state index is 13.9. The smallest absolute Gasteiger partial charge is 0.252 e. The molecule has 1 aliphatic rings. The van der Waals surface area contributed by atoms with E-state index >= 15 is 0 Å². The fourth-order valence-corrected chi connectivity index (χ4v) is 3.38. The molecule has 4 rings (SSSR count). The zero-order chi connectivity index (χ0) is 18.9. The molecule has 5 nitrogen and oxygen atoms in total. The van der Waals surface area contributed by atoms with Gasteiger partial charge in [-0.1, -0.05) is 25.5 Å². The van der Waals surface area contributed by atoms with Crippen LogP contribution in [0, 0.1) is 0 Å². The van der Waals surface area contributed by atoms with Crippen molar-refractivity contribution in [3.8, 4) is 5.69 Å². The van der Waals surface area contributed by atoms with Crippen molar-refractivity contribution < 1.29 is 8.78 Å². The minimum atomic E-state index is -2.69. The van der Waals surface area contributed by atoms with Gasteiger partial charge < -0.3 is 9.99 Å². The Labute approximate surface area is 156 Å². The van der Waals surface area contributed by atoms with E-state index in [-0.39, 0.29) is 12.8 Å². The number of nitrogens with one attached hydrogen (secondary N) is 2. The van der Waals surface area contributed by atoms with Crippen molar-refractivity contribution in [3.05, 3.63) is 59.9 Å². The summed E-state index contributed by atoms with van der Waals surface area (Å²) in [4.78, 5) is 8.81. The van der Waals surface area contributed by atoms with E-state index < -0.39 is 5.92 Å². The summed E-state index contributed by atoms with van der Waals surface area (Å²) in [5, 5.41) is 0.850. The van der Waals surface area contributed by atoms with E-state index in [0.29, 0.717) is 18.7 Å². The van der Waals surface area contributed by atoms with E-state index in [1.807, 2.05) is 41.1 Å². The molecule has 0 radical (unpaired) electrons. The van der Waals surface area contributed by atoms with Crippen LogP contribution in [0.5, 0.6) is 0 Å². The van der Waals surface area contributed by atoms with Crippen LogP contribution < -0.4 is 10.9 Å². The second-order valence-corrected chi connectivity index (χ2v) is 6.74. The number of hydrazine groups is 1. The molecule has 0 saturated heterocycles. The maximum atomic E-state index is 13.9. The van der Waals surface area contributed by atoms with Crippen LogP contribution in [0.15, 0.2) is 53.8 Å². The van der Waals surface area contributed by atoms with Crippen LogP contribution in [0.4, 0.5) is 8.78 Å². The molecule has 7 heteroatoms. The van der Waals surface area contributed by atoms with Crippen molar-refractivity contribution in [1.29, 1.82) is 0 Å². The first-order chi connectivity index (χ1) is 13.1. The summed E-state index contributed by atoms with van der Waals surface area (Å²) in [6.45, 7) is 2.31. The summed E-state index contributed by atoms with van der Waals surface area (Å²) in [5.41, 5.74) is 9.19. The second-order valence-electron chi connectivity index (χ2n) is 6.74.